The molecule has 1 saturated heterocycles. The fraction of sp³-hybridized carbons (Fsp3) is 0.383. The van der Waals surface area contributed by atoms with Crippen LogP contribution in [-0.4, -0.2) is 93.5 Å². The third kappa shape index (κ3) is 13.7. The molecule has 4 aromatic rings. The predicted octanol–water partition coefficient (Wildman–Crippen LogP) is 4.49. The maximum Gasteiger partial charge on any atom is 0.410 e. The van der Waals surface area contributed by atoms with Gasteiger partial charge in [-0.1, -0.05) is 135 Å². The maximum atomic E-state index is 13.6. The second-order valence-corrected chi connectivity index (χ2v) is 15.6. The monoisotopic (exact) mass is 836 g/mol. The lowest BCUT2D eigenvalue weighted by molar-refractivity contribution is -0.148. The molecule has 0 bridgehead atoms. The molecule has 61 heavy (non-hydrogen) atoms. The van der Waals surface area contributed by atoms with E-state index in [2.05, 4.69) is 16.0 Å². The maximum absolute atomic E-state index is 13.6. The normalized spacial score (nSPS) is 16.2. The van der Waals surface area contributed by atoms with Gasteiger partial charge in [0.15, 0.2) is 12.2 Å². The molecule has 1 fully saturated rings. The van der Waals surface area contributed by atoms with Crippen LogP contribution in [0.5, 0.6) is 0 Å². The van der Waals surface area contributed by atoms with Crippen molar-refractivity contribution < 1.29 is 48.8 Å². The first-order chi connectivity index (χ1) is 29.4. The molecule has 6 atom stereocenters. The van der Waals surface area contributed by atoms with Crippen molar-refractivity contribution in [1.82, 2.24) is 20.9 Å². The van der Waals surface area contributed by atoms with Crippen LogP contribution >= 0.6 is 0 Å². The van der Waals surface area contributed by atoms with Crippen LogP contribution in [0.3, 0.4) is 0 Å². The fourth-order valence-electron chi connectivity index (χ4n) is 7.23. The molecule has 5 rings (SSSR count). The summed E-state index contributed by atoms with van der Waals surface area (Å²) >= 11 is 0. The van der Waals surface area contributed by atoms with Crippen LogP contribution in [0.25, 0.3) is 0 Å². The molecule has 14 heteroatoms. The second-order valence-electron chi connectivity index (χ2n) is 15.6. The van der Waals surface area contributed by atoms with E-state index in [1.54, 1.807) is 30.3 Å². The SMILES string of the molecule is CC(C)C[C@H](NC(=O)[C@@H]1CCCN1C(=O)OCc1ccccc1)C(=O)N[C@@H](CO)C[C@@H](O)[C@H](O)C(=O)N[C@@H](CC(=O)OC(c1ccccc1)c1ccccc1)c1ccccc1. The van der Waals surface area contributed by atoms with Crippen molar-refractivity contribution in [1.29, 1.82) is 0 Å². The smallest absolute Gasteiger partial charge is 0.410 e. The summed E-state index contributed by atoms with van der Waals surface area (Å²) in [4.78, 5) is 68.5. The van der Waals surface area contributed by atoms with E-state index in [1.807, 2.05) is 105 Å². The number of likely N-dealkylation sites (tertiary alicyclic amines) is 1. The Labute approximate surface area is 356 Å². The standard InChI is InChI=1S/C47H56N4O10/c1-31(2)26-38(50-45(57)39-24-15-25-51(39)47(59)60-30-32-16-7-3-8-17-32)44(56)48-36(29-52)27-40(53)42(55)46(58)49-37(33-18-9-4-10-19-33)28-41(54)61-43(34-20-11-5-12-21-34)35-22-13-6-14-23-35/h3-14,16-23,31,36-40,42-43,52-53,55H,15,24-30H2,1-2H3,(H,48,56)(H,49,58)(H,50,57)/t36-,37+,38+,39+,40-,42+/m1/s1. The summed E-state index contributed by atoms with van der Waals surface area (Å²) in [5.41, 5.74) is 2.85. The first-order valence-electron chi connectivity index (χ1n) is 20.6. The van der Waals surface area contributed by atoms with Crippen molar-refractivity contribution in [3.8, 4) is 0 Å². The van der Waals surface area contributed by atoms with Crippen LogP contribution in [0.1, 0.15) is 80.4 Å². The van der Waals surface area contributed by atoms with Gasteiger partial charge in [-0.3, -0.25) is 24.1 Å². The van der Waals surface area contributed by atoms with Crippen molar-refractivity contribution in [3.63, 3.8) is 0 Å². The summed E-state index contributed by atoms with van der Waals surface area (Å²) in [6.07, 6.45) is -4.71. The number of carbonyl (C=O) groups excluding carboxylic acids is 5. The Kier molecular flexibility index (Phi) is 17.4. The van der Waals surface area contributed by atoms with E-state index >= 15 is 0 Å². The summed E-state index contributed by atoms with van der Waals surface area (Å²) in [5.74, 6) is -2.86. The van der Waals surface area contributed by atoms with Crippen LogP contribution in [0.15, 0.2) is 121 Å². The number of aliphatic hydroxyl groups excluding tert-OH is 3. The predicted molar refractivity (Wildman–Crippen MR) is 226 cm³/mol. The third-order valence-electron chi connectivity index (χ3n) is 10.4. The summed E-state index contributed by atoms with van der Waals surface area (Å²) in [6, 6.07) is 32.3. The lowest BCUT2D eigenvalue weighted by Crippen LogP contribution is -2.56. The number of benzene rings is 4. The lowest BCUT2D eigenvalue weighted by Gasteiger charge is -2.28. The van der Waals surface area contributed by atoms with Gasteiger partial charge in [-0.2, -0.15) is 0 Å². The van der Waals surface area contributed by atoms with E-state index in [0.29, 0.717) is 24.9 Å². The Balaban J connectivity index is 1.18. The molecule has 0 aliphatic carbocycles. The number of hydrogen-bond donors (Lipinski definition) is 6. The van der Waals surface area contributed by atoms with Gasteiger partial charge >= 0.3 is 12.1 Å². The van der Waals surface area contributed by atoms with E-state index in [1.165, 1.54) is 4.90 Å². The second kappa shape index (κ2) is 23.1. The molecule has 4 aromatic carbocycles. The van der Waals surface area contributed by atoms with Crippen LogP contribution in [0, 0.1) is 5.92 Å². The first-order valence-corrected chi connectivity index (χ1v) is 20.6. The Morgan fingerprint density at radius 3 is 1.84 bits per heavy atom. The van der Waals surface area contributed by atoms with Crippen LogP contribution in [0.2, 0.25) is 0 Å². The molecule has 0 radical (unpaired) electrons. The molecule has 6 N–H and O–H groups in total. The molecule has 4 amide bonds. The van der Waals surface area contributed by atoms with Crippen molar-refractivity contribution >= 4 is 29.8 Å². The Bertz CT molecular complexity index is 1970. The van der Waals surface area contributed by atoms with Gasteiger partial charge in [-0.05, 0) is 53.9 Å². The minimum Gasteiger partial charge on any atom is -0.452 e. The summed E-state index contributed by atoms with van der Waals surface area (Å²) in [7, 11) is 0. The number of nitrogens with zero attached hydrogens (tertiary/aromatic N) is 1. The van der Waals surface area contributed by atoms with Gasteiger partial charge in [0.1, 0.15) is 18.7 Å². The van der Waals surface area contributed by atoms with E-state index in [9.17, 15) is 39.3 Å². The Hall–Kier alpha value is -6.09. The highest BCUT2D eigenvalue weighted by Gasteiger charge is 2.38. The lowest BCUT2D eigenvalue weighted by atomic mass is 9.99. The van der Waals surface area contributed by atoms with Gasteiger partial charge in [0.2, 0.25) is 11.8 Å². The largest absolute Gasteiger partial charge is 0.452 e. The number of esters is 1. The third-order valence-corrected chi connectivity index (χ3v) is 10.4. The molecule has 1 aliphatic heterocycles. The summed E-state index contributed by atoms with van der Waals surface area (Å²) < 4.78 is 11.4. The number of hydrogen-bond acceptors (Lipinski definition) is 10. The minimum absolute atomic E-state index is 0.0423. The Morgan fingerprint density at radius 2 is 1.28 bits per heavy atom. The van der Waals surface area contributed by atoms with Crippen molar-refractivity contribution in [2.75, 3.05) is 13.2 Å². The van der Waals surface area contributed by atoms with Gasteiger partial charge in [-0.15, -0.1) is 0 Å². The molecular weight excluding hydrogens is 781 g/mol. The highest BCUT2D eigenvalue weighted by molar-refractivity contribution is 5.91. The van der Waals surface area contributed by atoms with Crippen molar-refractivity contribution in [2.45, 2.75) is 95.0 Å². The number of nitrogens with one attached hydrogen (secondary N) is 3. The van der Waals surface area contributed by atoms with E-state index in [4.69, 9.17) is 9.47 Å². The van der Waals surface area contributed by atoms with E-state index in [-0.39, 0.29) is 25.4 Å². The molecule has 14 nitrogen and oxygen atoms in total. The fourth-order valence-corrected chi connectivity index (χ4v) is 7.23. The minimum atomic E-state index is -2.02. The van der Waals surface area contributed by atoms with Crippen molar-refractivity contribution in [2.24, 2.45) is 5.92 Å². The number of rotatable bonds is 20. The van der Waals surface area contributed by atoms with Crippen LogP contribution in [-0.2, 0) is 35.3 Å². The van der Waals surface area contributed by atoms with Gasteiger partial charge in [0.25, 0.3) is 5.91 Å². The van der Waals surface area contributed by atoms with E-state index < -0.39 is 85.3 Å². The number of amides is 4. The average Bonchev–Trinajstić information content (AvgIpc) is 3.78. The van der Waals surface area contributed by atoms with Gasteiger partial charge in [-0.25, -0.2) is 4.79 Å². The van der Waals surface area contributed by atoms with Crippen LogP contribution in [0.4, 0.5) is 4.79 Å². The van der Waals surface area contributed by atoms with Gasteiger partial charge in [0.05, 0.1) is 31.2 Å². The van der Waals surface area contributed by atoms with Crippen LogP contribution < -0.4 is 16.0 Å². The van der Waals surface area contributed by atoms with Gasteiger partial charge < -0.3 is 40.7 Å². The molecule has 1 heterocycles. The van der Waals surface area contributed by atoms with E-state index in [0.717, 1.165) is 16.7 Å². The molecule has 0 saturated carbocycles. The summed E-state index contributed by atoms with van der Waals surface area (Å²) in [5, 5.41) is 40.3. The zero-order chi connectivity index (χ0) is 43.7. The Morgan fingerprint density at radius 1 is 0.721 bits per heavy atom. The number of ether oxygens (including phenoxy) is 2. The van der Waals surface area contributed by atoms with Gasteiger partial charge in [0, 0.05) is 6.54 Å². The molecular formula is C47H56N4O10. The molecule has 0 unspecified atom stereocenters. The average molecular weight is 837 g/mol. The molecule has 0 spiro atoms. The zero-order valence-electron chi connectivity index (χ0n) is 34.5. The summed E-state index contributed by atoms with van der Waals surface area (Å²) in [6.45, 7) is 3.42. The topological polar surface area (TPSA) is 204 Å². The quantitative estimate of drug-likeness (QED) is 0.0689. The number of aliphatic hydroxyl groups is 3. The molecule has 324 valence electrons. The highest BCUT2D eigenvalue weighted by Crippen LogP contribution is 2.28. The molecule has 1 aliphatic rings. The number of carbonyl (C=O) groups is 5. The zero-order valence-corrected chi connectivity index (χ0v) is 34.5. The molecule has 0 aromatic heterocycles. The highest BCUT2D eigenvalue weighted by atomic mass is 16.6. The van der Waals surface area contributed by atoms with Crippen molar-refractivity contribution in [3.05, 3.63) is 144 Å². The first kappa shape index (κ1) is 46.0.